The molecule has 1 aliphatic rings. The van der Waals surface area contributed by atoms with Gasteiger partial charge >= 0.3 is 5.97 Å². The summed E-state index contributed by atoms with van der Waals surface area (Å²) in [6.45, 7) is 0. The first-order chi connectivity index (χ1) is 10.1. The number of hydrogen-bond donors (Lipinski definition) is 1. The average Bonchev–Trinajstić information content (AvgIpc) is 2.47. The van der Waals surface area contributed by atoms with E-state index in [4.69, 9.17) is 11.8 Å². The second kappa shape index (κ2) is 5.70. The molecule has 0 saturated heterocycles. The highest BCUT2D eigenvalue weighted by molar-refractivity contribution is 9.10. The number of aliphatic carboxylic acids is 1. The van der Waals surface area contributed by atoms with Crippen LogP contribution in [0.5, 0.6) is 0 Å². The van der Waals surface area contributed by atoms with E-state index in [1.54, 1.807) is 0 Å². The molecule has 1 heterocycles. The van der Waals surface area contributed by atoms with Crippen LogP contribution >= 0.6 is 27.7 Å². The van der Waals surface area contributed by atoms with Crippen molar-refractivity contribution in [2.24, 2.45) is 0 Å². The summed E-state index contributed by atoms with van der Waals surface area (Å²) >= 11 is 9.71. The Balaban J connectivity index is 2.12. The Hall–Kier alpha value is -1.52. The highest BCUT2D eigenvalue weighted by Gasteiger charge is 2.36. The molecule has 0 radical (unpaired) electrons. The van der Waals surface area contributed by atoms with E-state index in [9.17, 15) is 9.90 Å². The zero-order valence-electron chi connectivity index (χ0n) is 11.0. The van der Waals surface area contributed by atoms with Gasteiger partial charge in [-0.3, -0.25) is 4.42 Å². The molecular formula is C16H13BrClNO2. The lowest BCUT2D eigenvalue weighted by atomic mass is 9.82. The van der Waals surface area contributed by atoms with Crippen molar-refractivity contribution in [2.45, 2.75) is 18.4 Å². The van der Waals surface area contributed by atoms with Gasteiger partial charge in [-0.2, -0.15) is 0 Å². The molecule has 1 N–H and O–H groups in total. The first-order valence-corrected chi connectivity index (χ1v) is 7.73. The summed E-state index contributed by atoms with van der Waals surface area (Å²) in [5.41, 5.74) is 2.92. The van der Waals surface area contributed by atoms with Crippen molar-refractivity contribution in [3.63, 3.8) is 0 Å². The van der Waals surface area contributed by atoms with Crippen molar-refractivity contribution >= 4 is 39.4 Å². The SMILES string of the molecule is O=C(O)C1CC(c2cccc(Br)c2)c2ccccc2N1Cl. The smallest absolute Gasteiger partial charge is 0.327 e. The van der Waals surface area contributed by atoms with Gasteiger partial charge in [0.1, 0.15) is 6.04 Å². The van der Waals surface area contributed by atoms with Gasteiger partial charge in [0.2, 0.25) is 0 Å². The quantitative estimate of drug-likeness (QED) is 0.801. The molecule has 0 fully saturated rings. The number of para-hydroxylation sites is 1. The van der Waals surface area contributed by atoms with Gasteiger partial charge in [0.15, 0.2) is 0 Å². The second-order valence-electron chi connectivity index (χ2n) is 5.07. The van der Waals surface area contributed by atoms with Crippen molar-refractivity contribution in [3.8, 4) is 0 Å². The van der Waals surface area contributed by atoms with E-state index >= 15 is 0 Å². The lowest BCUT2D eigenvalue weighted by molar-refractivity contribution is -0.138. The van der Waals surface area contributed by atoms with Crippen LogP contribution in [0.1, 0.15) is 23.5 Å². The molecule has 1 aliphatic heterocycles. The number of fused-ring (bicyclic) bond motifs is 1. The van der Waals surface area contributed by atoms with Crippen LogP contribution in [0.2, 0.25) is 0 Å². The number of nitrogens with zero attached hydrogens (tertiary/aromatic N) is 1. The summed E-state index contributed by atoms with van der Waals surface area (Å²) in [4.78, 5) is 11.5. The van der Waals surface area contributed by atoms with E-state index in [2.05, 4.69) is 15.9 Å². The summed E-state index contributed by atoms with van der Waals surface area (Å²) in [6, 6.07) is 14.9. The van der Waals surface area contributed by atoms with Crippen LogP contribution in [0.15, 0.2) is 53.0 Å². The summed E-state index contributed by atoms with van der Waals surface area (Å²) < 4.78 is 2.32. The first kappa shape index (κ1) is 14.4. The monoisotopic (exact) mass is 365 g/mol. The third-order valence-electron chi connectivity index (χ3n) is 3.81. The van der Waals surface area contributed by atoms with Crippen molar-refractivity contribution in [3.05, 3.63) is 64.1 Å². The minimum atomic E-state index is -0.903. The number of carboxylic acid groups (broad SMARTS) is 1. The molecule has 2 aromatic rings. The maximum absolute atomic E-state index is 11.5. The molecule has 5 heteroatoms. The molecule has 0 aromatic heterocycles. The summed E-state index contributed by atoms with van der Waals surface area (Å²) in [7, 11) is 0. The van der Waals surface area contributed by atoms with Gasteiger partial charge in [-0.1, -0.05) is 46.3 Å². The number of carboxylic acids is 1. The first-order valence-electron chi connectivity index (χ1n) is 6.60. The van der Waals surface area contributed by atoms with Crippen LogP contribution in [0.4, 0.5) is 5.69 Å². The van der Waals surface area contributed by atoms with Gasteiger partial charge < -0.3 is 5.11 Å². The van der Waals surface area contributed by atoms with Gasteiger partial charge in [-0.05, 0) is 35.7 Å². The predicted molar refractivity (Wildman–Crippen MR) is 86.8 cm³/mol. The van der Waals surface area contributed by atoms with E-state index in [1.165, 1.54) is 4.42 Å². The largest absolute Gasteiger partial charge is 0.480 e. The third-order valence-corrected chi connectivity index (χ3v) is 4.72. The zero-order chi connectivity index (χ0) is 15.0. The van der Waals surface area contributed by atoms with E-state index in [0.29, 0.717) is 6.42 Å². The molecule has 0 spiro atoms. The summed E-state index contributed by atoms with van der Waals surface area (Å²) in [5.74, 6) is -0.880. The number of benzene rings is 2. The molecule has 2 unspecified atom stereocenters. The van der Waals surface area contributed by atoms with Gasteiger partial charge in [-0.15, -0.1) is 0 Å². The van der Waals surface area contributed by atoms with Crippen molar-refractivity contribution in [2.75, 3.05) is 4.42 Å². The maximum atomic E-state index is 11.5. The molecular weight excluding hydrogens is 354 g/mol. The highest BCUT2D eigenvalue weighted by Crippen LogP contribution is 2.43. The standard InChI is InChI=1S/C16H13BrClNO2/c17-11-5-3-4-10(8-11)13-9-15(16(20)21)19(18)14-7-2-1-6-12(13)14/h1-8,13,15H,9H2,(H,20,21). The van der Waals surface area contributed by atoms with Crippen molar-refractivity contribution < 1.29 is 9.90 Å². The van der Waals surface area contributed by atoms with Crippen LogP contribution in [-0.4, -0.2) is 17.1 Å². The number of carbonyl (C=O) groups is 1. The van der Waals surface area contributed by atoms with Crippen LogP contribution in [0, 0.1) is 0 Å². The molecule has 0 aliphatic carbocycles. The van der Waals surface area contributed by atoms with Crippen LogP contribution < -0.4 is 4.42 Å². The Kier molecular flexibility index (Phi) is 3.91. The lowest BCUT2D eigenvalue weighted by Gasteiger charge is -2.36. The van der Waals surface area contributed by atoms with Gasteiger partial charge in [0, 0.05) is 22.2 Å². The Morgan fingerprint density at radius 3 is 2.71 bits per heavy atom. The van der Waals surface area contributed by atoms with E-state index in [0.717, 1.165) is 21.3 Å². The summed E-state index contributed by atoms with van der Waals surface area (Å²) in [6.07, 6.45) is 0.451. The Labute approximate surface area is 136 Å². The van der Waals surface area contributed by atoms with Crippen LogP contribution in [0.25, 0.3) is 0 Å². The lowest BCUT2D eigenvalue weighted by Crippen LogP contribution is -2.40. The molecule has 0 bridgehead atoms. The molecule has 3 nitrogen and oxygen atoms in total. The maximum Gasteiger partial charge on any atom is 0.327 e. The Bertz CT molecular complexity index is 691. The predicted octanol–water partition coefficient (Wildman–Crippen LogP) is 4.40. The minimum Gasteiger partial charge on any atom is -0.480 e. The highest BCUT2D eigenvalue weighted by atomic mass is 79.9. The molecule has 3 rings (SSSR count). The number of anilines is 1. The van der Waals surface area contributed by atoms with Crippen molar-refractivity contribution in [1.82, 2.24) is 0 Å². The molecule has 0 saturated carbocycles. The number of halogens is 2. The van der Waals surface area contributed by atoms with Gasteiger partial charge in [0.05, 0.1) is 5.69 Å². The fourth-order valence-electron chi connectivity index (χ4n) is 2.82. The van der Waals surface area contributed by atoms with Gasteiger partial charge in [-0.25, -0.2) is 4.79 Å². The number of rotatable bonds is 2. The topological polar surface area (TPSA) is 40.5 Å². The molecule has 2 atom stereocenters. The fourth-order valence-corrected chi connectivity index (χ4v) is 3.56. The van der Waals surface area contributed by atoms with E-state index < -0.39 is 12.0 Å². The van der Waals surface area contributed by atoms with Gasteiger partial charge in [0.25, 0.3) is 0 Å². The molecule has 21 heavy (non-hydrogen) atoms. The number of hydrogen-bond acceptors (Lipinski definition) is 2. The Morgan fingerprint density at radius 1 is 1.24 bits per heavy atom. The van der Waals surface area contributed by atoms with Crippen LogP contribution in [0.3, 0.4) is 0 Å². The summed E-state index contributed by atoms with van der Waals surface area (Å²) in [5, 5.41) is 9.42. The zero-order valence-corrected chi connectivity index (χ0v) is 13.4. The van der Waals surface area contributed by atoms with E-state index in [-0.39, 0.29) is 5.92 Å². The normalized spacial score (nSPS) is 21.0. The molecule has 2 aromatic carbocycles. The average molecular weight is 367 g/mol. The van der Waals surface area contributed by atoms with Crippen molar-refractivity contribution in [1.29, 1.82) is 0 Å². The second-order valence-corrected chi connectivity index (χ2v) is 6.35. The minimum absolute atomic E-state index is 0.0230. The fraction of sp³-hybridized carbons (Fsp3) is 0.188. The molecule has 0 amide bonds. The van der Waals surface area contributed by atoms with Crippen LogP contribution in [-0.2, 0) is 4.79 Å². The third kappa shape index (κ3) is 2.65. The van der Waals surface area contributed by atoms with E-state index in [1.807, 2.05) is 48.5 Å². The molecule has 108 valence electrons. The Morgan fingerprint density at radius 2 is 2.00 bits per heavy atom.